The zero-order valence-corrected chi connectivity index (χ0v) is 18.0. The minimum absolute atomic E-state index is 0.0364. The van der Waals surface area contributed by atoms with E-state index >= 15 is 0 Å². The van der Waals surface area contributed by atoms with Gasteiger partial charge in [-0.05, 0) is 77.7 Å². The number of likely N-dealkylation sites (tertiary alicyclic amines) is 1. The van der Waals surface area contributed by atoms with Crippen LogP contribution in [0.3, 0.4) is 0 Å². The van der Waals surface area contributed by atoms with Gasteiger partial charge in [-0.25, -0.2) is 0 Å². The first-order chi connectivity index (χ1) is 13.6. The Balaban J connectivity index is 1.81. The molecule has 0 radical (unpaired) electrons. The lowest BCUT2D eigenvalue weighted by Gasteiger charge is -2.30. The van der Waals surface area contributed by atoms with Crippen LogP contribution < -0.4 is 5.32 Å². The first kappa shape index (κ1) is 22.0. The number of piperidine rings is 1. The number of amides is 1. The van der Waals surface area contributed by atoms with E-state index in [1.165, 1.54) is 12.1 Å². The number of carbonyl (C=O) groups excluding carboxylic acids is 1. The van der Waals surface area contributed by atoms with Crippen molar-refractivity contribution >= 4 is 34.2 Å². The third-order valence-corrected chi connectivity index (χ3v) is 6.22. The lowest BCUT2D eigenvalue weighted by Crippen LogP contribution is -2.35. The molecule has 0 saturated carbocycles. The zero-order valence-electron chi connectivity index (χ0n) is 15.9. The summed E-state index contributed by atoms with van der Waals surface area (Å²) in [6, 6.07) is 9.07. The van der Waals surface area contributed by atoms with Gasteiger partial charge in [0.25, 0.3) is 5.91 Å². The van der Waals surface area contributed by atoms with Gasteiger partial charge in [0.15, 0.2) is 0 Å². The molecule has 0 spiro atoms. The van der Waals surface area contributed by atoms with Crippen LogP contribution in [0.5, 0.6) is 0 Å². The molecule has 0 bridgehead atoms. The molecule has 2 aromatic rings. The molecular weight excluding hydrogens is 496 g/mol. The van der Waals surface area contributed by atoms with Gasteiger partial charge in [-0.15, -0.1) is 0 Å². The number of benzene rings is 2. The number of halogens is 4. The third-order valence-electron chi connectivity index (χ3n) is 5.06. The maximum Gasteiger partial charge on any atom is 0.416 e. The lowest BCUT2D eigenvalue weighted by molar-refractivity contribution is -0.138. The maximum atomic E-state index is 13.6. The first-order valence-corrected chi connectivity index (χ1v) is 10.4. The van der Waals surface area contributed by atoms with Gasteiger partial charge in [0.1, 0.15) is 0 Å². The minimum atomic E-state index is -4.56. The smallest absolute Gasteiger partial charge is 0.393 e. The molecule has 8 heteroatoms. The highest BCUT2D eigenvalue weighted by Crippen LogP contribution is 2.34. The van der Waals surface area contributed by atoms with Gasteiger partial charge < -0.3 is 10.4 Å². The number of aliphatic hydroxyl groups excluding tert-OH is 1. The number of hydrogen-bond donors (Lipinski definition) is 2. The van der Waals surface area contributed by atoms with Crippen LogP contribution in [0.1, 0.15) is 39.9 Å². The zero-order chi connectivity index (χ0) is 21.2. The highest BCUT2D eigenvalue weighted by Gasteiger charge is 2.34. The topological polar surface area (TPSA) is 52.6 Å². The number of anilines is 1. The van der Waals surface area contributed by atoms with Crippen molar-refractivity contribution in [3.05, 3.63) is 62.2 Å². The number of nitrogens with zero attached hydrogens (tertiary/aromatic N) is 1. The summed E-state index contributed by atoms with van der Waals surface area (Å²) < 4.78 is 41.9. The fourth-order valence-corrected chi connectivity index (χ4v) is 3.83. The molecule has 156 valence electrons. The highest BCUT2D eigenvalue weighted by molar-refractivity contribution is 14.1. The van der Waals surface area contributed by atoms with Crippen LogP contribution in [-0.4, -0.2) is 35.1 Å². The lowest BCUT2D eigenvalue weighted by atomic mass is 10.0. The number of carbonyl (C=O) groups is 1. The molecule has 1 aliphatic heterocycles. The van der Waals surface area contributed by atoms with Crippen LogP contribution in [0.2, 0.25) is 0 Å². The van der Waals surface area contributed by atoms with Gasteiger partial charge in [-0.1, -0.05) is 12.1 Å². The van der Waals surface area contributed by atoms with E-state index in [0.717, 1.165) is 15.2 Å². The van der Waals surface area contributed by atoms with Crippen LogP contribution in [0.25, 0.3) is 0 Å². The molecule has 0 unspecified atom stereocenters. The maximum absolute atomic E-state index is 13.6. The number of alkyl halides is 3. The molecule has 29 heavy (non-hydrogen) atoms. The van der Waals surface area contributed by atoms with Gasteiger partial charge in [0.05, 0.1) is 11.7 Å². The third kappa shape index (κ3) is 5.70. The van der Waals surface area contributed by atoms with E-state index in [4.69, 9.17) is 0 Å². The second kappa shape index (κ2) is 9.01. The second-order valence-corrected chi connectivity index (χ2v) is 8.46. The highest BCUT2D eigenvalue weighted by atomic mass is 127. The van der Waals surface area contributed by atoms with E-state index in [-0.39, 0.29) is 23.8 Å². The molecule has 2 aromatic carbocycles. The molecule has 0 aromatic heterocycles. The summed E-state index contributed by atoms with van der Waals surface area (Å²) in [6.07, 6.45) is -3.83. The predicted molar refractivity (Wildman–Crippen MR) is 114 cm³/mol. The van der Waals surface area contributed by atoms with Crippen molar-refractivity contribution in [2.45, 2.75) is 38.6 Å². The van der Waals surface area contributed by atoms with Gasteiger partial charge in [0, 0.05) is 34.5 Å². The molecule has 2 N–H and O–H groups in total. The van der Waals surface area contributed by atoms with Gasteiger partial charge in [-0.2, -0.15) is 13.2 Å². The van der Waals surface area contributed by atoms with Crippen molar-refractivity contribution in [1.82, 2.24) is 4.90 Å². The van der Waals surface area contributed by atoms with Gasteiger partial charge in [-0.3, -0.25) is 9.69 Å². The summed E-state index contributed by atoms with van der Waals surface area (Å²) in [5.41, 5.74) is 0.892. The molecule has 1 amide bonds. The van der Waals surface area contributed by atoms with Crippen LogP contribution in [0.15, 0.2) is 36.4 Å². The summed E-state index contributed by atoms with van der Waals surface area (Å²) in [5.74, 6) is -0.581. The van der Waals surface area contributed by atoms with E-state index in [1.807, 2.05) is 17.9 Å². The molecule has 4 nitrogen and oxygen atoms in total. The summed E-state index contributed by atoms with van der Waals surface area (Å²) in [5, 5.41) is 12.2. The number of nitrogens with one attached hydrogen (secondary N) is 1. The summed E-state index contributed by atoms with van der Waals surface area (Å²) in [7, 11) is 0. The molecule has 1 heterocycles. The summed E-state index contributed by atoms with van der Waals surface area (Å²) in [4.78, 5) is 14.4. The minimum Gasteiger partial charge on any atom is -0.393 e. The van der Waals surface area contributed by atoms with E-state index in [0.29, 0.717) is 31.6 Å². The van der Waals surface area contributed by atoms with Crippen molar-refractivity contribution < 1.29 is 23.1 Å². The number of hydrogen-bond acceptors (Lipinski definition) is 3. The average molecular weight is 518 g/mol. The Bertz CT molecular complexity index is 894. The fourth-order valence-electron chi connectivity index (χ4n) is 3.31. The average Bonchev–Trinajstić information content (AvgIpc) is 2.66. The Morgan fingerprint density at radius 1 is 1.21 bits per heavy atom. The van der Waals surface area contributed by atoms with Crippen molar-refractivity contribution in [2.75, 3.05) is 18.4 Å². The van der Waals surface area contributed by atoms with E-state index in [2.05, 4.69) is 27.9 Å². The molecule has 0 atom stereocenters. The molecule has 0 aliphatic carbocycles. The van der Waals surface area contributed by atoms with Crippen LogP contribution in [0, 0.1) is 10.5 Å². The predicted octanol–water partition coefficient (Wildman–Crippen LogP) is 4.83. The first-order valence-electron chi connectivity index (χ1n) is 9.31. The SMILES string of the molecule is Cc1ccc(NC(=O)c2ccc(CN3CCC(O)CC3)c(C(F)(F)F)c2)cc1I. The Labute approximate surface area is 181 Å². The molecular formula is C21H22F3IN2O2. The van der Waals surface area contributed by atoms with Crippen LogP contribution in [0.4, 0.5) is 18.9 Å². The molecule has 3 rings (SSSR count). The van der Waals surface area contributed by atoms with Crippen LogP contribution >= 0.6 is 22.6 Å². The number of aliphatic hydroxyl groups is 1. The Hall–Kier alpha value is -1.65. The second-order valence-electron chi connectivity index (χ2n) is 7.30. The quantitative estimate of drug-likeness (QED) is 0.571. The van der Waals surface area contributed by atoms with Crippen molar-refractivity contribution in [2.24, 2.45) is 0 Å². The van der Waals surface area contributed by atoms with E-state index in [1.54, 1.807) is 12.1 Å². The van der Waals surface area contributed by atoms with Crippen molar-refractivity contribution in [3.63, 3.8) is 0 Å². The number of aryl methyl sites for hydroxylation is 1. The van der Waals surface area contributed by atoms with E-state index < -0.39 is 17.6 Å². The Kier molecular flexibility index (Phi) is 6.85. The molecule has 1 fully saturated rings. The van der Waals surface area contributed by atoms with Crippen molar-refractivity contribution in [3.8, 4) is 0 Å². The Morgan fingerprint density at radius 3 is 2.52 bits per heavy atom. The molecule has 1 aliphatic rings. The number of rotatable bonds is 4. The van der Waals surface area contributed by atoms with Gasteiger partial charge in [0.2, 0.25) is 0 Å². The Morgan fingerprint density at radius 2 is 1.90 bits per heavy atom. The summed E-state index contributed by atoms with van der Waals surface area (Å²) in [6.45, 7) is 3.17. The van der Waals surface area contributed by atoms with Crippen LogP contribution in [-0.2, 0) is 12.7 Å². The van der Waals surface area contributed by atoms with E-state index in [9.17, 15) is 23.1 Å². The summed E-state index contributed by atoms with van der Waals surface area (Å²) >= 11 is 2.14. The normalized spacial score (nSPS) is 16.1. The monoisotopic (exact) mass is 518 g/mol. The molecule has 1 saturated heterocycles. The largest absolute Gasteiger partial charge is 0.416 e. The van der Waals surface area contributed by atoms with Gasteiger partial charge >= 0.3 is 6.18 Å². The fraction of sp³-hybridized carbons (Fsp3) is 0.381. The van der Waals surface area contributed by atoms with Crippen molar-refractivity contribution in [1.29, 1.82) is 0 Å². The standard InChI is InChI=1S/C21H22F3IN2O2/c1-13-2-5-16(11-19(13)25)26-20(29)14-3-4-15(18(10-14)21(22,23)24)12-27-8-6-17(28)7-9-27/h2-5,10-11,17,28H,6-9,12H2,1H3,(H,26,29).